The van der Waals surface area contributed by atoms with Gasteiger partial charge in [0.1, 0.15) is 0 Å². The molecule has 0 radical (unpaired) electrons. The third-order valence-corrected chi connectivity index (χ3v) is 1.01. The van der Waals surface area contributed by atoms with E-state index in [1.165, 1.54) is 0 Å². The second kappa shape index (κ2) is 6.70. The lowest BCUT2D eigenvalue weighted by molar-refractivity contribution is 0.285. The Kier molecular flexibility index (Phi) is 6.45. The Balaban J connectivity index is 2.72. The molecule has 0 heterocycles. The first-order valence-corrected chi connectivity index (χ1v) is 3.14. The van der Waals surface area contributed by atoms with E-state index in [1.54, 1.807) is 0 Å². The lowest BCUT2D eigenvalue weighted by Crippen LogP contribution is -1.79. The quantitative estimate of drug-likeness (QED) is 0.436. The molecule has 0 fully saturated rings. The number of allylic oxidation sites excluding steroid dienone is 2. The highest BCUT2D eigenvalue weighted by molar-refractivity contribution is 4.75. The van der Waals surface area contributed by atoms with Gasteiger partial charge in [-0.2, -0.15) is 0 Å². The standard InChI is InChI=1S/C7H14O/c1-2-3-4-5-6-7-8/h2-3,8H,4-7H2,1H3/b3-2+. The van der Waals surface area contributed by atoms with Crippen LogP contribution in [0.5, 0.6) is 0 Å². The molecule has 1 nitrogen and oxygen atoms in total. The van der Waals surface area contributed by atoms with Crippen LogP contribution in [0.1, 0.15) is 26.2 Å². The summed E-state index contributed by atoms with van der Waals surface area (Å²) in [6.45, 7) is 2.34. The van der Waals surface area contributed by atoms with Gasteiger partial charge in [0.2, 0.25) is 0 Å². The molecule has 1 heteroatoms. The number of hydrogen-bond donors (Lipinski definition) is 1. The van der Waals surface area contributed by atoms with Crippen LogP contribution in [-0.4, -0.2) is 11.7 Å². The zero-order valence-corrected chi connectivity index (χ0v) is 5.43. The zero-order valence-electron chi connectivity index (χ0n) is 5.43. The number of unbranched alkanes of at least 4 members (excludes halogenated alkanes) is 2. The monoisotopic (exact) mass is 114 g/mol. The second-order valence-electron chi connectivity index (χ2n) is 1.79. The SMILES string of the molecule is C/C=C/CCCCO. The van der Waals surface area contributed by atoms with Crippen molar-refractivity contribution in [2.75, 3.05) is 6.61 Å². The van der Waals surface area contributed by atoms with Gasteiger partial charge in [0, 0.05) is 6.61 Å². The Morgan fingerprint density at radius 1 is 1.38 bits per heavy atom. The number of hydrogen-bond acceptors (Lipinski definition) is 1. The minimum atomic E-state index is 0.331. The largest absolute Gasteiger partial charge is 0.396 e. The summed E-state index contributed by atoms with van der Waals surface area (Å²) < 4.78 is 0. The van der Waals surface area contributed by atoms with E-state index in [2.05, 4.69) is 6.08 Å². The molecule has 0 aliphatic carbocycles. The summed E-state index contributed by atoms with van der Waals surface area (Å²) in [5.41, 5.74) is 0. The summed E-state index contributed by atoms with van der Waals surface area (Å²) in [6.07, 6.45) is 7.31. The van der Waals surface area contributed by atoms with Crippen LogP contribution in [0.25, 0.3) is 0 Å². The van der Waals surface area contributed by atoms with E-state index in [9.17, 15) is 0 Å². The fourth-order valence-corrected chi connectivity index (χ4v) is 0.541. The molecule has 0 aliphatic heterocycles. The van der Waals surface area contributed by atoms with Crippen LogP contribution in [0.2, 0.25) is 0 Å². The molecule has 0 spiro atoms. The summed E-state index contributed by atoms with van der Waals surface area (Å²) in [5, 5.41) is 8.34. The maximum Gasteiger partial charge on any atom is 0.0431 e. The van der Waals surface area contributed by atoms with E-state index in [0.29, 0.717) is 6.61 Å². The smallest absolute Gasteiger partial charge is 0.0431 e. The second-order valence-corrected chi connectivity index (χ2v) is 1.79. The van der Waals surface area contributed by atoms with Crippen molar-refractivity contribution >= 4 is 0 Å². The van der Waals surface area contributed by atoms with Gasteiger partial charge in [-0.1, -0.05) is 12.2 Å². The average molecular weight is 114 g/mol. The van der Waals surface area contributed by atoms with Crippen LogP contribution in [0, 0.1) is 0 Å². The molecule has 0 unspecified atom stereocenters. The zero-order chi connectivity index (χ0) is 6.24. The molecular weight excluding hydrogens is 100 g/mol. The first-order valence-electron chi connectivity index (χ1n) is 3.14. The first kappa shape index (κ1) is 7.70. The van der Waals surface area contributed by atoms with E-state index < -0.39 is 0 Å². The Hall–Kier alpha value is -0.300. The lowest BCUT2D eigenvalue weighted by atomic mass is 10.2. The summed E-state index contributed by atoms with van der Waals surface area (Å²) >= 11 is 0. The van der Waals surface area contributed by atoms with E-state index >= 15 is 0 Å². The van der Waals surface area contributed by atoms with Gasteiger partial charge in [0.15, 0.2) is 0 Å². The van der Waals surface area contributed by atoms with E-state index in [0.717, 1.165) is 19.3 Å². The number of rotatable bonds is 4. The van der Waals surface area contributed by atoms with Gasteiger partial charge in [0.05, 0.1) is 0 Å². The highest BCUT2D eigenvalue weighted by atomic mass is 16.2. The molecule has 0 aromatic carbocycles. The van der Waals surface area contributed by atoms with Crippen molar-refractivity contribution in [2.45, 2.75) is 26.2 Å². The van der Waals surface area contributed by atoms with Gasteiger partial charge < -0.3 is 5.11 Å². The van der Waals surface area contributed by atoms with Crippen LogP contribution in [0.4, 0.5) is 0 Å². The van der Waals surface area contributed by atoms with Crippen LogP contribution in [0.3, 0.4) is 0 Å². The van der Waals surface area contributed by atoms with E-state index in [4.69, 9.17) is 5.11 Å². The molecule has 0 bridgehead atoms. The van der Waals surface area contributed by atoms with Crippen molar-refractivity contribution in [3.05, 3.63) is 12.2 Å². The molecule has 1 N–H and O–H groups in total. The minimum Gasteiger partial charge on any atom is -0.396 e. The fourth-order valence-electron chi connectivity index (χ4n) is 0.541. The molecule has 0 saturated carbocycles. The molecule has 0 aromatic rings. The van der Waals surface area contributed by atoms with E-state index in [1.807, 2.05) is 13.0 Å². The maximum absolute atomic E-state index is 8.34. The van der Waals surface area contributed by atoms with Crippen molar-refractivity contribution in [1.82, 2.24) is 0 Å². The van der Waals surface area contributed by atoms with Gasteiger partial charge in [0.25, 0.3) is 0 Å². The molecule has 8 heavy (non-hydrogen) atoms. The topological polar surface area (TPSA) is 20.2 Å². The predicted octanol–water partition coefficient (Wildman–Crippen LogP) is 1.73. The van der Waals surface area contributed by atoms with Gasteiger partial charge in [-0.05, 0) is 26.2 Å². The average Bonchev–Trinajstić information content (AvgIpc) is 1.81. The fraction of sp³-hybridized carbons (Fsp3) is 0.714. The summed E-state index contributed by atoms with van der Waals surface area (Å²) in [5.74, 6) is 0. The molecule has 0 atom stereocenters. The Bertz CT molecular complexity index is 57.4. The summed E-state index contributed by atoms with van der Waals surface area (Å²) in [7, 11) is 0. The summed E-state index contributed by atoms with van der Waals surface area (Å²) in [4.78, 5) is 0. The highest BCUT2D eigenvalue weighted by Crippen LogP contribution is 1.93. The first-order chi connectivity index (χ1) is 3.91. The summed E-state index contributed by atoms with van der Waals surface area (Å²) in [6, 6.07) is 0. The third-order valence-electron chi connectivity index (χ3n) is 1.01. The van der Waals surface area contributed by atoms with Gasteiger partial charge >= 0.3 is 0 Å². The van der Waals surface area contributed by atoms with Gasteiger partial charge in [-0.3, -0.25) is 0 Å². The van der Waals surface area contributed by atoms with E-state index in [-0.39, 0.29) is 0 Å². The highest BCUT2D eigenvalue weighted by Gasteiger charge is 1.79. The predicted molar refractivity (Wildman–Crippen MR) is 35.8 cm³/mol. The van der Waals surface area contributed by atoms with Crippen LogP contribution in [0.15, 0.2) is 12.2 Å². The van der Waals surface area contributed by atoms with Gasteiger partial charge in [-0.25, -0.2) is 0 Å². The molecule has 0 rings (SSSR count). The molecule has 0 saturated heterocycles. The molecule has 0 aromatic heterocycles. The van der Waals surface area contributed by atoms with Crippen molar-refractivity contribution in [2.24, 2.45) is 0 Å². The van der Waals surface area contributed by atoms with Crippen LogP contribution in [-0.2, 0) is 0 Å². The van der Waals surface area contributed by atoms with Crippen molar-refractivity contribution < 1.29 is 5.11 Å². The molecule has 0 amide bonds. The normalized spacial score (nSPS) is 10.8. The maximum atomic E-state index is 8.34. The molecule has 0 aliphatic rings. The van der Waals surface area contributed by atoms with Crippen molar-refractivity contribution in [1.29, 1.82) is 0 Å². The van der Waals surface area contributed by atoms with Crippen LogP contribution < -0.4 is 0 Å². The lowest BCUT2D eigenvalue weighted by Gasteiger charge is -1.88. The Labute approximate surface area is 51.0 Å². The minimum absolute atomic E-state index is 0.331. The van der Waals surface area contributed by atoms with Crippen molar-refractivity contribution in [3.8, 4) is 0 Å². The molecule has 48 valence electrons. The van der Waals surface area contributed by atoms with Crippen LogP contribution >= 0.6 is 0 Å². The molecular formula is C7H14O. The van der Waals surface area contributed by atoms with Gasteiger partial charge in [-0.15, -0.1) is 0 Å². The Morgan fingerprint density at radius 3 is 2.62 bits per heavy atom. The number of aliphatic hydroxyl groups is 1. The number of aliphatic hydroxyl groups excluding tert-OH is 1. The third kappa shape index (κ3) is 5.70. The van der Waals surface area contributed by atoms with Crippen molar-refractivity contribution in [3.63, 3.8) is 0 Å². The Morgan fingerprint density at radius 2 is 2.12 bits per heavy atom.